The van der Waals surface area contributed by atoms with E-state index in [0.29, 0.717) is 6.61 Å². The molecule has 0 spiro atoms. The molecule has 4 heteroatoms. The van der Waals surface area contributed by atoms with E-state index < -0.39 is 0 Å². The quantitative estimate of drug-likeness (QED) is 0.731. The summed E-state index contributed by atoms with van der Waals surface area (Å²) >= 11 is 0. The number of hydrogen-bond donors (Lipinski definition) is 2. The lowest BCUT2D eigenvalue weighted by atomic mass is 10.0. The van der Waals surface area contributed by atoms with Gasteiger partial charge in [0.05, 0.1) is 37.1 Å². The predicted molar refractivity (Wildman–Crippen MR) is 72.8 cm³/mol. The fourth-order valence-corrected chi connectivity index (χ4v) is 2.36. The first-order valence-electron chi connectivity index (χ1n) is 7.12. The van der Waals surface area contributed by atoms with Gasteiger partial charge in [-0.15, -0.1) is 0 Å². The molecule has 1 heterocycles. The van der Waals surface area contributed by atoms with Crippen LogP contribution in [0.25, 0.3) is 0 Å². The minimum atomic E-state index is -0.333. The lowest BCUT2D eigenvalue weighted by Crippen LogP contribution is -2.51. The van der Waals surface area contributed by atoms with Crippen LogP contribution in [0.1, 0.15) is 47.0 Å². The van der Waals surface area contributed by atoms with E-state index >= 15 is 0 Å². The standard InChI is InChI=1S/C14H29NO3/c1-5-6-15-14(4,9-16)10-17-13-7-11(2)18-12(3)8-13/h11-13,15-16H,5-10H2,1-4H3. The molecule has 1 aliphatic rings. The fourth-order valence-electron chi connectivity index (χ4n) is 2.36. The van der Waals surface area contributed by atoms with Gasteiger partial charge in [-0.05, 0) is 46.6 Å². The van der Waals surface area contributed by atoms with Gasteiger partial charge < -0.3 is 19.9 Å². The highest BCUT2D eigenvalue weighted by atomic mass is 16.5. The Morgan fingerprint density at radius 3 is 2.44 bits per heavy atom. The van der Waals surface area contributed by atoms with Gasteiger partial charge in [0.2, 0.25) is 0 Å². The fraction of sp³-hybridized carbons (Fsp3) is 1.00. The molecule has 1 saturated heterocycles. The average Bonchev–Trinajstić information content (AvgIpc) is 2.33. The minimum Gasteiger partial charge on any atom is -0.394 e. The summed E-state index contributed by atoms with van der Waals surface area (Å²) in [6.07, 6.45) is 3.73. The van der Waals surface area contributed by atoms with Crippen LogP contribution >= 0.6 is 0 Å². The van der Waals surface area contributed by atoms with Crippen LogP contribution in [0.15, 0.2) is 0 Å². The van der Waals surface area contributed by atoms with Crippen LogP contribution in [0.5, 0.6) is 0 Å². The third-order valence-electron chi connectivity index (χ3n) is 3.44. The highest BCUT2D eigenvalue weighted by molar-refractivity contribution is 4.83. The van der Waals surface area contributed by atoms with E-state index in [0.717, 1.165) is 25.8 Å². The Bertz CT molecular complexity index is 227. The van der Waals surface area contributed by atoms with Gasteiger partial charge in [0, 0.05) is 0 Å². The van der Waals surface area contributed by atoms with E-state index in [2.05, 4.69) is 26.1 Å². The van der Waals surface area contributed by atoms with E-state index in [1.54, 1.807) is 0 Å². The minimum absolute atomic E-state index is 0.0985. The van der Waals surface area contributed by atoms with Crippen LogP contribution in [0.3, 0.4) is 0 Å². The molecule has 1 aliphatic heterocycles. The highest BCUT2D eigenvalue weighted by Crippen LogP contribution is 2.22. The van der Waals surface area contributed by atoms with Crippen molar-refractivity contribution in [1.29, 1.82) is 0 Å². The lowest BCUT2D eigenvalue weighted by molar-refractivity contribution is -0.112. The summed E-state index contributed by atoms with van der Waals surface area (Å²) in [5.74, 6) is 0. The SMILES string of the molecule is CCCNC(C)(CO)COC1CC(C)OC(C)C1. The first kappa shape index (κ1) is 15.9. The molecule has 0 saturated carbocycles. The molecule has 0 bridgehead atoms. The Hall–Kier alpha value is -0.160. The number of rotatable bonds is 7. The van der Waals surface area contributed by atoms with Gasteiger partial charge in [0.25, 0.3) is 0 Å². The molecule has 3 unspecified atom stereocenters. The third-order valence-corrected chi connectivity index (χ3v) is 3.44. The number of nitrogens with one attached hydrogen (secondary N) is 1. The summed E-state index contributed by atoms with van der Waals surface area (Å²) in [6, 6.07) is 0. The molecule has 1 rings (SSSR count). The zero-order chi connectivity index (χ0) is 13.6. The first-order valence-corrected chi connectivity index (χ1v) is 7.12. The molecule has 0 aromatic rings. The molecule has 4 nitrogen and oxygen atoms in total. The van der Waals surface area contributed by atoms with Gasteiger partial charge in [0.1, 0.15) is 0 Å². The Kier molecular flexibility index (Phi) is 6.57. The summed E-state index contributed by atoms with van der Waals surface area (Å²) in [6.45, 7) is 9.86. The Balaban J connectivity index is 2.37. The van der Waals surface area contributed by atoms with E-state index in [1.165, 1.54) is 0 Å². The molecule has 108 valence electrons. The van der Waals surface area contributed by atoms with Crippen molar-refractivity contribution in [2.75, 3.05) is 19.8 Å². The predicted octanol–water partition coefficient (Wildman–Crippen LogP) is 1.71. The summed E-state index contributed by atoms with van der Waals surface area (Å²) < 4.78 is 11.7. The summed E-state index contributed by atoms with van der Waals surface area (Å²) in [5.41, 5.74) is -0.333. The molecule has 2 N–H and O–H groups in total. The summed E-state index contributed by atoms with van der Waals surface area (Å²) in [7, 11) is 0. The van der Waals surface area contributed by atoms with Crippen LogP contribution in [0.4, 0.5) is 0 Å². The molecule has 0 amide bonds. The zero-order valence-electron chi connectivity index (χ0n) is 12.2. The third kappa shape index (κ3) is 5.22. The van der Waals surface area contributed by atoms with Crippen molar-refractivity contribution >= 4 is 0 Å². The largest absolute Gasteiger partial charge is 0.394 e. The molecule has 3 atom stereocenters. The van der Waals surface area contributed by atoms with Crippen LogP contribution in [0.2, 0.25) is 0 Å². The Labute approximate surface area is 111 Å². The topological polar surface area (TPSA) is 50.7 Å². The van der Waals surface area contributed by atoms with Gasteiger partial charge in [-0.25, -0.2) is 0 Å². The molecule has 0 aromatic heterocycles. The van der Waals surface area contributed by atoms with E-state index in [1.807, 2.05) is 6.92 Å². The Morgan fingerprint density at radius 2 is 1.94 bits per heavy atom. The van der Waals surface area contributed by atoms with Crippen LogP contribution in [-0.4, -0.2) is 48.7 Å². The lowest BCUT2D eigenvalue weighted by Gasteiger charge is -2.35. The van der Waals surface area contributed by atoms with Crippen LogP contribution in [0, 0.1) is 0 Å². The second-order valence-corrected chi connectivity index (χ2v) is 5.81. The van der Waals surface area contributed by atoms with Gasteiger partial charge >= 0.3 is 0 Å². The smallest absolute Gasteiger partial charge is 0.0671 e. The maximum atomic E-state index is 9.48. The number of ether oxygens (including phenoxy) is 2. The molecular weight excluding hydrogens is 230 g/mol. The Morgan fingerprint density at radius 1 is 1.33 bits per heavy atom. The van der Waals surface area contributed by atoms with Gasteiger partial charge in [-0.3, -0.25) is 0 Å². The summed E-state index contributed by atoms with van der Waals surface area (Å²) in [5, 5.41) is 12.8. The van der Waals surface area contributed by atoms with E-state index in [4.69, 9.17) is 9.47 Å². The average molecular weight is 259 g/mol. The van der Waals surface area contributed by atoms with Crippen molar-refractivity contribution < 1.29 is 14.6 Å². The van der Waals surface area contributed by atoms with Crippen molar-refractivity contribution in [2.24, 2.45) is 0 Å². The van der Waals surface area contributed by atoms with Crippen LogP contribution < -0.4 is 5.32 Å². The molecular formula is C14H29NO3. The molecule has 18 heavy (non-hydrogen) atoms. The van der Waals surface area contributed by atoms with Crippen molar-refractivity contribution in [3.8, 4) is 0 Å². The second-order valence-electron chi connectivity index (χ2n) is 5.81. The van der Waals surface area contributed by atoms with Crippen molar-refractivity contribution in [3.05, 3.63) is 0 Å². The van der Waals surface area contributed by atoms with Crippen molar-refractivity contribution in [3.63, 3.8) is 0 Å². The number of aliphatic hydroxyl groups excluding tert-OH is 1. The first-order chi connectivity index (χ1) is 8.49. The van der Waals surface area contributed by atoms with E-state index in [-0.39, 0.29) is 30.5 Å². The molecule has 1 fully saturated rings. The molecule has 0 radical (unpaired) electrons. The summed E-state index contributed by atoms with van der Waals surface area (Å²) in [4.78, 5) is 0. The highest BCUT2D eigenvalue weighted by Gasteiger charge is 2.29. The van der Waals surface area contributed by atoms with Crippen molar-refractivity contribution in [2.45, 2.75) is 70.8 Å². The van der Waals surface area contributed by atoms with Gasteiger partial charge in [0.15, 0.2) is 0 Å². The molecule has 0 aromatic carbocycles. The number of aliphatic hydroxyl groups is 1. The maximum Gasteiger partial charge on any atom is 0.0671 e. The molecule has 0 aliphatic carbocycles. The number of hydrogen-bond acceptors (Lipinski definition) is 4. The second kappa shape index (κ2) is 7.43. The van der Waals surface area contributed by atoms with Crippen molar-refractivity contribution in [1.82, 2.24) is 5.32 Å². The monoisotopic (exact) mass is 259 g/mol. The normalized spacial score (nSPS) is 32.2. The van der Waals surface area contributed by atoms with Gasteiger partial charge in [-0.1, -0.05) is 6.92 Å². The van der Waals surface area contributed by atoms with Gasteiger partial charge in [-0.2, -0.15) is 0 Å². The van der Waals surface area contributed by atoms with E-state index in [9.17, 15) is 5.11 Å². The zero-order valence-corrected chi connectivity index (χ0v) is 12.2. The van der Waals surface area contributed by atoms with Crippen LogP contribution in [-0.2, 0) is 9.47 Å². The maximum absolute atomic E-state index is 9.48.